The first-order valence-electron chi connectivity index (χ1n) is 7.23. The van der Waals surface area contributed by atoms with Gasteiger partial charge in [-0.2, -0.15) is 0 Å². The lowest BCUT2D eigenvalue weighted by Crippen LogP contribution is -2.40. The maximum Gasteiger partial charge on any atom is 0.0465 e. The Morgan fingerprint density at radius 3 is 2.94 bits per heavy atom. The van der Waals surface area contributed by atoms with Gasteiger partial charge < -0.3 is 5.32 Å². The molecule has 0 aromatic carbocycles. The summed E-state index contributed by atoms with van der Waals surface area (Å²) in [7, 11) is 0. The molecule has 2 unspecified atom stereocenters. The summed E-state index contributed by atoms with van der Waals surface area (Å²) in [5, 5.41) is 5.87. The van der Waals surface area contributed by atoms with Gasteiger partial charge in [0.15, 0.2) is 0 Å². The highest BCUT2D eigenvalue weighted by molar-refractivity contribution is 7.10. The second-order valence-corrected chi connectivity index (χ2v) is 6.59. The summed E-state index contributed by atoms with van der Waals surface area (Å²) in [6.07, 6.45) is 2.50. The molecule has 1 aliphatic heterocycles. The van der Waals surface area contributed by atoms with Gasteiger partial charge in [0.2, 0.25) is 0 Å². The fourth-order valence-corrected chi connectivity index (χ4v) is 3.98. The van der Waals surface area contributed by atoms with Gasteiger partial charge in [0.25, 0.3) is 0 Å². The minimum absolute atomic E-state index is 0.596. The Morgan fingerprint density at radius 2 is 2.33 bits per heavy atom. The molecule has 2 rings (SSSR count). The predicted octanol–water partition coefficient (Wildman–Crippen LogP) is 3.52. The number of nitrogens with zero attached hydrogens (tertiary/aromatic N) is 1. The Morgan fingerprint density at radius 1 is 1.50 bits per heavy atom. The van der Waals surface area contributed by atoms with Crippen LogP contribution in [0.1, 0.15) is 44.5 Å². The second-order valence-electron chi connectivity index (χ2n) is 5.61. The molecule has 1 N–H and O–H groups in total. The summed E-state index contributed by atoms with van der Waals surface area (Å²) in [4.78, 5) is 4.23. The fraction of sp³-hybridized carbons (Fsp3) is 0.733. The number of rotatable bonds is 4. The molecule has 1 aromatic heterocycles. The molecule has 0 bridgehead atoms. The van der Waals surface area contributed by atoms with E-state index in [-0.39, 0.29) is 0 Å². The van der Waals surface area contributed by atoms with Gasteiger partial charge in [-0.25, -0.2) is 0 Å². The van der Waals surface area contributed by atoms with Gasteiger partial charge in [-0.3, -0.25) is 4.90 Å². The normalized spacial score (nSPS) is 24.1. The topological polar surface area (TPSA) is 15.3 Å². The monoisotopic (exact) mass is 266 g/mol. The molecule has 0 radical (unpaired) electrons. The van der Waals surface area contributed by atoms with E-state index in [1.165, 1.54) is 37.4 Å². The minimum atomic E-state index is 0.596. The van der Waals surface area contributed by atoms with Crippen LogP contribution in [0.3, 0.4) is 0 Å². The van der Waals surface area contributed by atoms with Crippen molar-refractivity contribution in [2.75, 3.05) is 19.6 Å². The minimum Gasteiger partial charge on any atom is -0.313 e. The van der Waals surface area contributed by atoms with Crippen LogP contribution in [-0.2, 0) is 0 Å². The highest BCUT2D eigenvalue weighted by Gasteiger charge is 2.27. The zero-order chi connectivity index (χ0) is 13.0. The first-order valence-corrected chi connectivity index (χ1v) is 8.11. The zero-order valence-electron chi connectivity index (χ0n) is 11.9. The Kier molecular flexibility index (Phi) is 5.22. The maximum atomic E-state index is 3.66. The molecule has 0 spiro atoms. The van der Waals surface area contributed by atoms with E-state index in [9.17, 15) is 0 Å². The Balaban J connectivity index is 2.14. The standard InChI is InChI=1S/C15H26N2S/c1-4-13-11-17(9-6-8-16-13)15(12(2)3)14-7-5-10-18-14/h5,7,10,12-13,15-16H,4,6,8-9,11H2,1-3H3. The summed E-state index contributed by atoms with van der Waals surface area (Å²) in [5.74, 6) is 0.680. The van der Waals surface area contributed by atoms with Crippen molar-refractivity contribution >= 4 is 11.3 Å². The van der Waals surface area contributed by atoms with Crippen molar-refractivity contribution in [1.82, 2.24) is 10.2 Å². The maximum absolute atomic E-state index is 3.66. The van der Waals surface area contributed by atoms with Crippen LogP contribution < -0.4 is 5.32 Å². The van der Waals surface area contributed by atoms with E-state index in [4.69, 9.17) is 0 Å². The van der Waals surface area contributed by atoms with Gasteiger partial charge in [0.05, 0.1) is 0 Å². The van der Waals surface area contributed by atoms with Gasteiger partial charge in [-0.15, -0.1) is 11.3 Å². The van der Waals surface area contributed by atoms with Crippen LogP contribution in [0.25, 0.3) is 0 Å². The largest absolute Gasteiger partial charge is 0.313 e. The van der Waals surface area contributed by atoms with Crippen molar-refractivity contribution < 1.29 is 0 Å². The van der Waals surface area contributed by atoms with Crippen molar-refractivity contribution in [1.29, 1.82) is 0 Å². The van der Waals surface area contributed by atoms with E-state index in [0.29, 0.717) is 18.0 Å². The number of hydrogen-bond donors (Lipinski definition) is 1. The molecule has 102 valence electrons. The molecule has 2 atom stereocenters. The van der Waals surface area contributed by atoms with Crippen molar-refractivity contribution in [2.45, 2.75) is 45.7 Å². The molecule has 18 heavy (non-hydrogen) atoms. The summed E-state index contributed by atoms with van der Waals surface area (Å²) < 4.78 is 0. The van der Waals surface area contributed by atoms with Crippen LogP contribution in [-0.4, -0.2) is 30.6 Å². The molecule has 2 nitrogen and oxygen atoms in total. The van der Waals surface area contributed by atoms with Crippen LogP contribution in [0.2, 0.25) is 0 Å². The number of thiophene rings is 1. The van der Waals surface area contributed by atoms with Crippen molar-refractivity contribution in [3.63, 3.8) is 0 Å². The van der Waals surface area contributed by atoms with Crippen molar-refractivity contribution in [2.24, 2.45) is 5.92 Å². The summed E-state index contributed by atoms with van der Waals surface area (Å²) in [5.41, 5.74) is 0. The molecule has 0 aliphatic carbocycles. The van der Waals surface area contributed by atoms with E-state index < -0.39 is 0 Å². The van der Waals surface area contributed by atoms with E-state index in [1.54, 1.807) is 0 Å². The van der Waals surface area contributed by atoms with Crippen molar-refractivity contribution in [3.8, 4) is 0 Å². The summed E-state index contributed by atoms with van der Waals surface area (Å²) in [6.45, 7) is 10.6. The van der Waals surface area contributed by atoms with Gasteiger partial charge in [0.1, 0.15) is 0 Å². The van der Waals surface area contributed by atoms with Gasteiger partial charge in [-0.1, -0.05) is 26.8 Å². The molecule has 2 heterocycles. The van der Waals surface area contributed by atoms with Gasteiger partial charge in [-0.05, 0) is 36.8 Å². The Hall–Kier alpha value is -0.380. The summed E-state index contributed by atoms with van der Waals surface area (Å²) in [6, 6.07) is 5.74. The fourth-order valence-electron chi connectivity index (χ4n) is 2.94. The van der Waals surface area contributed by atoms with E-state index in [0.717, 1.165) is 0 Å². The highest BCUT2D eigenvalue weighted by atomic mass is 32.1. The highest BCUT2D eigenvalue weighted by Crippen LogP contribution is 2.32. The number of nitrogens with one attached hydrogen (secondary N) is 1. The van der Waals surface area contributed by atoms with Crippen LogP contribution >= 0.6 is 11.3 Å². The molecule has 3 heteroatoms. The Labute approximate surface area is 115 Å². The molecule has 1 saturated heterocycles. The lowest BCUT2D eigenvalue weighted by molar-refractivity contribution is 0.154. The van der Waals surface area contributed by atoms with E-state index in [1.807, 2.05) is 11.3 Å². The molecular formula is C15H26N2S. The first kappa shape index (κ1) is 14.0. The average molecular weight is 266 g/mol. The lowest BCUT2D eigenvalue weighted by Gasteiger charge is -2.34. The van der Waals surface area contributed by atoms with Gasteiger partial charge >= 0.3 is 0 Å². The van der Waals surface area contributed by atoms with Crippen LogP contribution in [0.15, 0.2) is 17.5 Å². The summed E-state index contributed by atoms with van der Waals surface area (Å²) >= 11 is 1.91. The molecule has 1 fully saturated rings. The predicted molar refractivity (Wildman–Crippen MR) is 80.2 cm³/mol. The average Bonchev–Trinajstić information content (AvgIpc) is 2.75. The Bertz CT molecular complexity index is 334. The smallest absolute Gasteiger partial charge is 0.0465 e. The third kappa shape index (κ3) is 3.34. The van der Waals surface area contributed by atoms with Gasteiger partial charge in [0, 0.05) is 30.1 Å². The second kappa shape index (κ2) is 6.69. The molecular weight excluding hydrogens is 240 g/mol. The van der Waals surface area contributed by atoms with Crippen molar-refractivity contribution in [3.05, 3.63) is 22.4 Å². The van der Waals surface area contributed by atoms with E-state index in [2.05, 4.69) is 48.5 Å². The van der Waals surface area contributed by atoms with E-state index >= 15 is 0 Å². The third-order valence-corrected chi connectivity index (χ3v) is 4.81. The molecule has 0 saturated carbocycles. The van der Waals surface area contributed by atoms with Crippen LogP contribution in [0.5, 0.6) is 0 Å². The first-order chi connectivity index (χ1) is 8.72. The third-order valence-electron chi connectivity index (χ3n) is 3.86. The molecule has 1 aromatic rings. The van der Waals surface area contributed by atoms with Crippen LogP contribution in [0.4, 0.5) is 0 Å². The molecule has 0 amide bonds. The quantitative estimate of drug-likeness (QED) is 0.897. The lowest BCUT2D eigenvalue weighted by atomic mass is 10.00. The van der Waals surface area contributed by atoms with Crippen LogP contribution in [0, 0.1) is 5.92 Å². The SMILES string of the molecule is CCC1CN(C(c2cccs2)C(C)C)CCCN1. The number of hydrogen-bond acceptors (Lipinski definition) is 3. The molecule has 1 aliphatic rings. The zero-order valence-corrected chi connectivity index (χ0v) is 12.7.